The Bertz CT molecular complexity index is 1020. The van der Waals surface area contributed by atoms with Gasteiger partial charge in [-0.2, -0.15) is 5.26 Å². The standard InChI is InChI=1S/C25H29N5O3/c1-17(2)33-25(32)29-13-10-22(11-14-29)30(21-7-8-21)24(31)20-15-27-23(28-16-20)19-5-3-18(4-6-19)9-12-26/h3-6,15-17,21-22H,7-11,13-14H2,1-2H3. The molecule has 2 heterocycles. The van der Waals surface area contributed by atoms with E-state index in [9.17, 15) is 9.59 Å². The minimum absolute atomic E-state index is 0.0448. The van der Waals surface area contributed by atoms with Crippen molar-refractivity contribution in [2.75, 3.05) is 13.1 Å². The molecule has 33 heavy (non-hydrogen) atoms. The summed E-state index contributed by atoms with van der Waals surface area (Å²) in [6.45, 7) is 4.86. The number of nitrogens with zero attached hydrogens (tertiary/aromatic N) is 5. The maximum atomic E-state index is 13.4. The molecular weight excluding hydrogens is 418 g/mol. The van der Waals surface area contributed by atoms with E-state index in [0.717, 1.165) is 36.8 Å². The zero-order valence-electron chi connectivity index (χ0n) is 19.1. The number of hydrogen-bond acceptors (Lipinski definition) is 6. The number of benzene rings is 1. The minimum Gasteiger partial charge on any atom is -0.447 e. The lowest BCUT2D eigenvalue weighted by Crippen LogP contribution is -2.50. The van der Waals surface area contributed by atoms with Crippen molar-refractivity contribution in [3.05, 3.63) is 47.8 Å². The van der Waals surface area contributed by atoms with Crippen molar-refractivity contribution in [3.8, 4) is 17.5 Å². The number of rotatable bonds is 6. The first-order chi connectivity index (χ1) is 16.0. The van der Waals surface area contributed by atoms with E-state index in [1.807, 2.05) is 43.0 Å². The number of amides is 2. The van der Waals surface area contributed by atoms with E-state index in [1.54, 1.807) is 17.3 Å². The summed E-state index contributed by atoms with van der Waals surface area (Å²) in [5.74, 6) is 0.502. The third kappa shape index (κ3) is 5.48. The Morgan fingerprint density at radius 3 is 2.24 bits per heavy atom. The number of carbonyl (C=O) groups excluding carboxylic acids is 2. The molecule has 1 aliphatic carbocycles. The van der Waals surface area contributed by atoms with Crippen molar-refractivity contribution in [2.45, 2.75) is 64.1 Å². The van der Waals surface area contributed by atoms with Gasteiger partial charge >= 0.3 is 6.09 Å². The summed E-state index contributed by atoms with van der Waals surface area (Å²) in [6, 6.07) is 10.0. The normalized spacial score (nSPS) is 16.4. The van der Waals surface area contributed by atoms with E-state index in [-0.39, 0.29) is 30.2 Å². The van der Waals surface area contributed by atoms with Crippen molar-refractivity contribution in [2.24, 2.45) is 0 Å². The highest BCUT2D eigenvalue weighted by molar-refractivity contribution is 5.94. The van der Waals surface area contributed by atoms with Crippen molar-refractivity contribution in [3.63, 3.8) is 0 Å². The molecule has 1 aliphatic heterocycles. The highest BCUT2D eigenvalue weighted by atomic mass is 16.6. The van der Waals surface area contributed by atoms with Crippen LogP contribution in [0.15, 0.2) is 36.7 Å². The average Bonchev–Trinajstić information content (AvgIpc) is 3.65. The lowest BCUT2D eigenvalue weighted by Gasteiger charge is -2.38. The number of carbonyl (C=O) groups is 2. The van der Waals surface area contributed by atoms with E-state index < -0.39 is 0 Å². The average molecular weight is 448 g/mol. The second-order valence-corrected chi connectivity index (χ2v) is 8.92. The van der Waals surface area contributed by atoms with Gasteiger partial charge in [0.2, 0.25) is 0 Å². The first-order valence-electron chi connectivity index (χ1n) is 11.5. The maximum Gasteiger partial charge on any atom is 0.410 e. The fourth-order valence-electron chi connectivity index (χ4n) is 4.18. The predicted octanol–water partition coefficient (Wildman–Crippen LogP) is 3.82. The van der Waals surface area contributed by atoms with Crippen LogP contribution in [0.4, 0.5) is 4.79 Å². The minimum atomic E-state index is -0.280. The fourth-order valence-corrected chi connectivity index (χ4v) is 4.18. The lowest BCUT2D eigenvalue weighted by molar-refractivity contribution is 0.0450. The third-order valence-corrected chi connectivity index (χ3v) is 6.02. The van der Waals surface area contributed by atoms with E-state index in [1.165, 1.54) is 0 Å². The van der Waals surface area contributed by atoms with Crippen LogP contribution in [0.5, 0.6) is 0 Å². The Labute approximate surface area is 194 Å². The summed E-state index contributed by atoms with van der Waals surface area (Å²) in [4.78, 5) is 38.1. The number of ether oxygens (including phenoxy) is 1. The molecule has 2 amide bonds. The van der Waals surface area contributed by atoms with E-state index >= 15 is 0 Å². The number of nitriles is 1. The van der Waals surface area contributed by atoms with Crippen molar-refractivity contribution in [1.29, 1.82) is 5.26 Å². The van der Waals surface area contributed by atoms with Gasteiger partial charge in [0.25, 0.3) is 5.91 Å². The van der Waals surface area contributed by atoms with Gasteiger partial charge in [-0.1, -0.05) is 24.3 Å². The highest BCUT2D eigenvalue weighted by Crippen LogP contribution is 2.33. The molecule has 1 saturated heterocycles. The molecule has 0 radical (unpaired) electrons. The molecular formula is C25H29N5O3. The number of aromatic nitrogens is 2. The van der Waals surface area contributed by atoms with Gasteiger partial charge in [0.15, 0.2) is 5.82 Å². The van der Waals surface area contributed by atoms with Gasteiger partial charge in [-0.15, -0.1) is 0 Å². The molecule has 4 rings (SSSR count). The highest BCUT2D eigenvalue weighted by Gasteiger charge is 2.39. The van der Waals surface area contributed by atoms with Crippen LogP contribution < -0.4 is 0 Å². The maximum absolute atomic E-state index is 13.4. The van der Waals surface area contributed by atoms with Crippen LogP contribution in [0.1, 0.15) is 55.5 Å². The van der Waals surface area contributed by atoms with E-state index in [0.29, 0.717) is 30.9 Å². The molecule has 1 aromatic carbocycles. The van der Waals surface area contributed by atoms with Crippen LogP contribution in [0.2, 0.25) is 0 Å². The summed E-state index contributed by atoms with van der Waals surface area (Å²) >= 11 is 0. The SMILES string of the molecule is CC(C)OC(=O)N1CCC(N(C(=O)c2cnc(-c3ccc(CC#N)cc3)nc2)C2CC2)CC1. The van der Waals surface area contributed by atoms with Crippen molar-refractivity contribution < 1.29 is 14.3 Å². The molecule has 0 N–H and O–H groups in total. The molecule has 0 spiro atoms. The van der Waals surface area contributed by atoms with Gasteiger partial charge in [-0.25, -0.2) is 14.8 Å². The van der Waals surface area contributed by atoms with Gasteiger partial charge in [-0.05, 0) is 45.1 Å². The predicted molar refractivity (Wildman–Crippen MR) is 122 cm³/mol. The molecule has 1 saturated carbocycles. The quantitative estimate of drug-likeness (QED) is 0.667. The first kappa shape index (κ1) is 22.7. The zero-order valence-corrected chi connectivity index (χ0v) is 19.1. The molecule has 0 unspecified atom stereocenters. The molecule has 8 heteroatoms. The van der Waals surface area contributed by atoms with Crippen molar-refractivity contribution >= 4 is 12.0 Å². The second-order valence-electron chi connectivity index (χ2n) is 8.92. The number of likely N-dealkylation sites (tertiary alicyclic amines) is 1. The van der Waals surface area contributed by atoms with Gasteiger partial charge in [0.1, 0.15) is 0 Å². The van der Waals surface area contributed by atoms with Crippen LogP contribution in [0, 0.1) is 11.3 Å². The van der Waals surface area contributed by atoms with E-state index in [4.69, 9.17) is 10.00 Å². The number of hydrogen-bond donors (Lipinski definition) is 0. The Kier molecular flexibility index (Phi) is 6.87. The largest absolute Gasteiger partial charge is 0.447 e. The lowest BCUT2D eigenvalue weighted by atomic mass is 10.0. The molecule has 1 aromatic heterocycles. The summed E-state index contributed by atoms with van der Waals surface area (Å²) in [7, 11) is 0. The van der Waals surface area contributed by atoms with Crippen LogP contribution in [-0.4, -0.2) is 63.0 Å². The molecule has 8 nitrogen and oxygen atoms in total. The second kappa shape index (κ2) is 9.99. The van der Waals surface area contributed by atoms with Crippen LogP contribution in [0.3, 0.4) is 0 Å². The molecule has 2 aliphatic rings. The summed E-state index contributed by atoms with van der Waals surface area (Å²) in [5, 5.41) is 8.81. The molecule has 172 valence electrons. The summed E-state index contributed by atoms with van der Waals surface area (Å²) in [5.41, 5.74) is 2.26. The van der Waals surface area contributed by atoms with Gasteiger partial charge in [0, 0.05) is 43.1 Å². The molecule has 0 atom stereocenters. The topological polar surface area (TPSA) is 99.4 Å². The van der Waals surface area contributed by atoms with Gasteiger partial charge < -0.3 is 14.5 Å². The summed E-state index contributed by atoms with van der Waals surface area (Å²) in [6.07, 6.45) is 6.63. The van der Waals surface area contributed by atoms with Gasteiger partial charge in [-0.3, -0.25) is 4.79 Å². The first-order valence-corrected chi connectivity index (χ1v) is 11.5. The number of piperidine rings is 1. The third-order valence-electron chi connectivity index (χ3n) is 6.02. The van der Waals surface area contributed by atoms with Crippen molar-refractivity contribution in [1.82, 2.24) is 19.8 Å². The molecule has 2 aromatic rings. The van der Waals surface area contributed by atoms with E-state index in [2.05, 4.69) is 16.0 Å². The Hall–Kier alpha value is -3.47. The molecule has 2 fully saturated rings. The zero-order chi connectivity index (χ0) is 23.4. The Balaban J connectivity index is 1.41. The van der Waals surface area contributed by atoms with Gasteiger partial charge in [0.05, 0.1) is 24.2 Å². The van der Waals surface area contributed by atoms with Crippen LogP contribution in [-0.2, 0) is 11.2 Å². The summed E-state index contributed by atoms with van der Waals surface area (Å²) < 4.78 is 5.30. The Morgan fingerprint density at radius 1 is 1.09 bits per heavy atom. The molecule has 0 bridgehead atoms. The van der Waals surface area contributed by atoms with Crippen LogP contribution >= 0.6 is 0 Å². The fraction of sp³-hybridized carbons (Fsp3) is 0.480. The monoisotopic (exact) mass is 447 g/mol. The smallest absolute Gasteiger partial charge is 0.410 e. The van der Waals surface area contributed by atoms with Crippen LogP contribution in [0.25, 0.3) is 11.4 Å². The Morgan fingerprint density at radius 2 is 1.70 bits per heavy atom.